The van der Waals surface area contributed by atoms with Gasteiger partial charge in [-0.2, -0.15) is 0 Å². The van der Waals surface area contributed by atoms with E-state index in [0.717, 1.165) is 19.3 Å². The lowest BCUT2D eigenvalue weighted by Crippen LogP contribution is -2.48. The van der Waals surface area contributed by atoms with Crippen LogP contribution in [-0.2, 0) is 20.7 Å². The van der Waals surface area contributed by atoms with Crippen LogP contribution in [0.15, 0.2) is 30.3 Å². The van der Waals surface area contributed by atoms with Gasteiger partial charge in [-0.05, 0) is 31.2 Å². The highest BCUT2D eigenvalue weighted by molar-refractivity contribution is 5.83. The van der Waals surface area contributed by atoms with Gasteiger partial charge in [-0.3, -0.25) is 4.79 Å². The summed E-state index contributed by atoms with van der Waals surface area (Å²) in [6, 6.07) is 9.11. The van der Waals surface area contributed by atoms with Gasteiger partial charge >= 0.3 is 5.97 Å². The number of nitrogens with one attached hydrogen (secondary N) is 1. The maximum absolute atomic E-state index is 12.0. The van der Waals surface area contributed by atoms with Crippen LogP contribution in [0.4, 0.5) is 0 Å². The van der Waals surface area contributed by atoms with Crippen molar-refractivity contribution >= 4 is 11.9 Å². The van der Waals surface area contributed by atoms with E-state index in [1.165, 1.54) is 5.56 Å². The van der Waals surface area contributed by atoms with Crippen LogP contribution in [0.3, 0.4) is 0 Å². The van der Waals surface area contributed by atoms with Crippen LogP contribution in [0.5, 0.6) is 0 Å². The van der Waals surface area contributed by atoms with Gasteiger partial charge in [0.25, 0.3) is 0 Å². The van der Waals surface area contributed by atoms with Crippen molar-refractivity contribution in [2.75, 3.05) is 13.2 Å². The summed E-state index contributed by atoms with van der Waals surface area (Å²) in [5, 5.41) is 12.0. The molecule has 1 saturated heterocycles. The minimum Gasteiger partial charge on any atom is -0.480 e. The Kier molecular flexibility index (Phi) is 6.40. The summed E-state index contributed by atoms with van der Waals surface area (Å²) in [4.78, 5) is 23.3. The lowest BCUT2D eigenvalue weighted by atomic mass is 9.93. The monoisotopic (exact) mass is 305 g/mol. The molecule has 0 bridgehead atoms. The van der Waals surface area contributed by atoms with Crippen LogP contribution < -0.4 is 5.32 Å². The molecule has 5 nitrogen and oxygen atoms in total. The molecule has 2 rings (SSSR count). The highest BCUT2D eigenvalue weighted by Crippen LogP contribution is 2.18. The first-order valence-corrected chi connectivity index (χ1v) is 7.80. The maximum atomic E-state index is 12.0. The fourth-order valence-corrected chi connectivity index (χ4v) is 2.75. The summed E-state index contributed by atoms with van der Waals surface area (Å²) in [7, 11) is 0. The van der Waals surface area contributed by atoms with E-state index in [9.17, 15) is 14.7 Å². The van der Waals surface area contributed by atoms with Crippen molar-refractivity contribution in [1.82, 2.24) is 5.32 Å². The normalized spacial score (nSPS) is 19.4. The molecule has 0 spiro atoms. The van der Waals surface area contributed by atoms with E-state index in [1.54, 1.807) is 0 Å². The quantitative estimate of drug-likeness (QED) is 0.808. The molecular weight excluding hydrogens is 282 g/mol. The van der Waals surface area contributed by atoms with Crippen molar-refractivity contribution in [3.63, 3.8) is 0 Å². The fraction of sp³-hybridized carbons (Fsp3) is 0.529. The van der Waals surface area contributed by atoms with E-state index in [4.69, 9.17) is 4.74 Å². The number of benzene rings is 1. The number of aliphatic carboxylic acids is 1. The second-order valence-corrected chi connectivity index (χ2v) is 5.70. The second-order valence-electron chi connectivity index (χ2n) is 5.70. The van der Waals surface area contributed by atoms with Crippen LogP contribution >= 0.6 is 0 Å². The van der Waals surface area contributed by atoms with Gasteiger partial charge in [0, 0.05) is 18.9 Å². The number of carboxylic acid groups (broad SMARTS) is 1. The van der Waals surface area contributed by atoms with E-state index >= 15 is 0 Å². The van der Waals surface area contributed by atoms with Crippen molar-refractivity contribution in [2.45, 2.75) is 38.1 Å². The Morgan fingerprint density at radius 2 is 2.09 bits per heavy atom. The van der Waals surface area contributed by atoms with Crippen LogP contribution in [0.25, 0.3) is 0 Å². The largest absolute Gasteiger partial charge is 0.480 e. The first-order chi connectivity index (χ1) is 10.7. The lowest BCUT2D eigenvalue weighted by molar-refractivity contribution is -0.145. The molecule has 1 amide bonds. The van der Waals surface area contributed by atoms with Gasteiger partial charge in [0.1, 0.15) is 6.04 Å². The summed E-state index contributed by atoms with van der Waals surface area (Å²) in [5.41, 5.74) is 1.19. The summed E-state index contributed by atoms with van der Waals surface area (Å²) in [6.07, 6.45) is 3.49. The second kappa shape index (κ2) is 8.54. The van der Waals surface area contributed by atoms with Gasteiger partial charge in [-0.1, -0.05) is 30.3 Å². The van der Waals surface area contributed by atoms with Crippen LogP contribution in [0.1, 0.15) is 31.2 Å². The van der Waals surface area contributed by atoms with Gasteiger partial charge in [-0.15, -0.1) is 0 Å². The van der Waals surface area contributed by atoms with E-state index in [0.29, 0.717) is 26.1 Å². The molecule has 1 aromatic rings. The topological polar surface area (TPSA) is 75.6 Å². The zero-order valence-corrected chi connectivity index (χ0v) is 12.7. The van der Waals surface area contributed by atoms with Gasteiger partial charge in [-0.25, -0.2) is 4.79 Å². The van der Waals surface area contributed by atoms with Crippen molar-refractivity contribution in [2.24, 2.45) is 5.92 Å². The number of amides is 1. The van der Waals surface area contributed by atoms with E-state index in [-0.39, 0.29) is 11.8 Å². The third-order valence-electron chi connectivity index (χ3n) is 3.96. The third kappa shape index (κ3) is 5.15. The van der Waals surface area contributed by atoms with Crippen molar-refractivity contribution in [3.8, 4) is 0 Å². The zero-order chi connectivity index (χ0) is 15.8. The fourth-order valence-electron chi connectivity index (χ4n) is 2.75. The Morgan fingerprint density at radius 1 is 1.32 bits per heavy atom. The number of hydrogen-bond donors (Lipinski definition) is 2. The molecule has 120 valence electrons. The molecule has 0 aromatic heterocycles. The number of rotatable bonds is 7. The molecule has 1 aliphatic heterocycles. The molecule has 22 heavy (non-hydrogen) atoms. The molecule has 1 aromatic carbocycles. The van der Waals surface area contributed by atoms with Gasteiger partial charge in [0.15, 0.2) is 0 Å². The number of hydrogen-bond acceptors (Lipinski definition) is 3. The van der Waals surface area contributed by atoms with Gasteiger partial charge in [0.05, 0.1) is 6.61 Å². The molecular formula is C17H23NO4. The summed E-state index contributed by atoms with van der Waals surface area (Å²) < 4.78 is 5.32. The molecule has 0 radical (unpaired) electrons. The van der Waals surface area contributed by atoms with E-state index < -0.39 is 12.0 Å². The maximum Gasteiger partial charge on any atom is 0.326 e. The molecule has 0 aliphatic carbocycles. The lowest BCUT2D eigenvalue weighted by Gasteiger charge is -2.28. The molecule has 5 heteroatoms. The minimum absolute atomic E-state index is 0.135. The summed E-state index contributed by atoms with van der Waals surface area (Å²) in [6.45, 7) is 1.08. The first-order valence-electron chi connectivity index (χ1n) is 7.80. The number of carbonyl (C=O) groups excluding carboxylic acids is 1. The SMILES string of the molecule is O=C(CCCc1ccccc1)NC(C(=O)O)C1CCCOC1. The minimum atomic E-state index is -0.980. The van der Waals surface area contributed by atoms with Crippen molar-refractivity contribution in [1.29, 1.82) is 0 Å². The van der Waals surface area contributed by atoms with Crippen LogP contribution in [-0.4, -0.2) is 36.2 Å². The average Bonchev–Trinajstić information content (AvgIpc) is 2.54. The Hall–Kier alpha value is -1.88. The molecule has 1 aliphatic rings. The predicted octanol–water partition coefficient (Wildman–Crippen LogP) is 2.01. The van der Waals surface area contributed by atoms with Gasteiger partial charge < -0.3 is 15.2 Å². The Labute approximate surface area is 130 Å². The first kappa shape index (κ1) is 16.5. The van der Waals surface area contributed by atoms with Crippen molar-refractivity contribution < 1.29 is 19.4 Å². The highest BCUT2D eigenvalue weighted by Gasteiger charge is 2.31. The molecule has 1 fully saturated rings. The smallest absolute Gasteiger partial charge is 0.326 e. The van der Waals surface area contributed by atoms with Crippen molar-refractivity contribution in [3.05, 3.63) is 35.9 Å². The zero-order valence-electron chi connectivity index (χ0n) is 12.7. The van der Waals surface area contributed by atoms with E-state index in [2.05, 4.69) is 5.32 Å². The molecule has 2 N–H and O–H groups in total. The standard InChI is InChI=1S/C17H23NO4/c19-15(10-4-8-13-6-2-1-3-7-13)18-16(17(20)21)14-9-5-11-22-12-14/h1-3,6-7,14,16H,4-5,8-12H2,(H,18,19)(H,20,21). The number of carboxylic acids is 1. The number of ether oxygens (including phenoxy) is 1. The van der Waals surface area contributed by atoms with Crippen LogP contribution in [0.2, 0.25) is 0 Å². The average molecular weight is 305 g/mol. The Morgan fingerprint density at radius 3 is 2.73 bits per heavy atom. The number of aryl methyl sites for hydroxylation is 1. The van der Waals surface area contributed by atoms with E-state index in [1.807, 2.05) is 30.3 Å². The summed E-state index contributed by atoms with van der Waals surface area (Å²) in [5.74, 6) is -1.31. The molecule has 1 heterocycles. The predicted molar refractivity (Wildman–Crippen MR) is 82.5 cm³/mol. The Balaban J connectivity index is 1.77. The molecule has 2 unspecified atom stereocenters. The van der Waals surface area contributed by atoms with Gasteiger partial charge in [0.2, 0.25) is 5.91 Å². The van der Waals surface area contributed by atoms with Crippen LogP contribution in [0, 0.1) is 5.92 Å². The Bertz CT molecular complexity index is 483. The molecule has 0 saturated carbocycles. The highest BCUT2D eigenvalue weighted by atomic mass is 16.5. The third-order valence-corrected chi connectivity index (χ3v) is 3.96. The number of carbonyl (C=O) groups is 2. The summed E-state index contributed by atoms with van der Waals surface area (Å²) >= 11 is 0. The molecule has 2 atom stereocenters.